The number of carbonyl (C=O) groups excluding carboxylic acids is 1. The Balaban J connectivity index is 2.42. The van der Waals surface area contributed by atoms with Crippen molar-refractivity contribution >= 4 is 17.6 Å². The average Bonchev–Trinajstić information content (AvgIpc) is 2.97. The number of carboxylic acids is 1. The Morgan fingerprint density at radius 3 is 2.38 bits per heavy atom. The second-order valence-electron chi connectivity index (χ2n) is 4.94. The molecule has 21 heavy (non-hydrogen) atoms. The van der Waals surface area contributed by atoms with Gasteiger partial charge in [0.2, 0.25) is 6.10 Å². The summed E-state index contributed by atoms with van der Waals surface area (Å²) >= 11 is 0. The molecule has 1 aliphatic rings. The second-order valence-corrected chi connectivity index (χ2v) is 4.94. The fourth-order valence-electron chi connectivity index (χ4n) is 2.29. The van der Waals surface area contributed by atoms with Crippen molar-refractivity contribution < 1.29 is 19.5 Å². The van der Waals surface area contributed by atoms with Crippen molar-refractivity contribution in [1.82, 2.24) is 9.80 Å². The van der Waals surface area contributed by atoms with E-state index in [1.54, 1.807) is 4.90 Å². The SMILES string of the molecule is CCN(CC)CCCN(CC)C(=O)C1CC(C(=O)O)=NO1. The summed E-state index contributed by atoms with van der Waals surface area (Å²) in [6.45, 7) is 10.3. The highest BCUT2D eigenvalue weighted by molar-refractivity contribution is 6.36. The molecule has 0 radical (unpaired) electrons. The van der Waals surface area contributed by atoms with Crippen molar-refractivity contribution in [1.29, 1.82) is 0 Å². The molecule has 0 fully saturated rings. The number of aliphatic carboxylic acids is 1. The Hall–Kier alpha value is -1.63. The van der Waals surface area contributed by atoms with E-state index < -0.39 is 12.1 Å². The molecule has 1 heterocycles. The Labute approximate surface area is 125 Å². The van der Waals surface area contributed by atoms with Crippen LogP contribution in [0.2, 0.25) is 0 Å². The summed E-state index contributed by atoms with van der Waals surface area (Å²) in [7, 11) is 0. The first-order chi connectivity index (χ1) is 10.0. The fourth-order valence-corrected chi connectivity index (χ4v) is 2.29. The van der Waals surface area contributed by atoms with Gasteiger partial charge in [0.25, 0.3) is 5.91 Å². The third-order valence-corrected chi connectivity index (χ3v) is 3.68. The Morgan fingerprint density at radius 1 is 1.24 bits per heavy atom. The minimum Gasteiger partial charge on any atom is -0.477 e. The number of carboxylic acid groups (broad SMARTS) is 1. The van der Waals surface area contributed by atoms with E-state index >= 15 is 0 Å². The molecular weight excluding hydrogens is 274 g/mol. The van der Waals surface area contributed by atoms with Gasteiger partial charge in [0.1, 0.15) is 0 Å². The van der Waals surface area contributed by atoms with Gasteiger partial charge in [0, 0.05) is 19.5 Å². The number of likely N-dealkylation sites (N-methyl/N-ethyl adjacent to an activating group) is 1. The summed E-state index contributed by atoms with van der Waals surface area (Å²) in [5, 5.41) is 12.3. The number of hydrogen-bond donors (Lipinski definition) is 1. The van der Waals surface area contributed by atoms with E-state index in [2.05, 4.69) is 23.9 Å². The molecule has 0 saturated carbocycles. The van der Waals surface area contributed by atoms with Gasteiger partial charge in [-0.15, -0.1) is 0 Å². The highest BCUT2D eigenvalue weighted by Gasteiger charge is 2.33. The van der Waals surface area contributed by atoms with Crippen molar-refractivity contribution in [3.8, 4) is 0 Å². The smallest absolute Gasteiger partial charge is 0.353 e. The van der Waals surface area contributed by atoms with Gasteiger partial charge in [0.15, 0.2) is 5.71 Å². The molecule has 1 unspecified atom stereocenters. The molecule has 0 aliphatic carbocycles. The van der Waals surface area contributed by atoms with Gasteiger partial charge >= 0.3 is 5.97 Å². The number of carbonyl (C=O) groups is 2. The monoisotopic (exact) mass is 299 g/mol. The standard InChI is InChI=1S/C14H25N3O4/c1-4-16(5-2)8-7-9-17(6-3)13(18)12-10-11(14(19)20)15-21-12/h12H,4-10H2,1-3H3,(H,19,20). The molecule has 0 aromatic carbocycles. The van der Waals surface area contributed by atoms with Crippen LogP contribution in [-0.2, 0) is 14.4 Å². The number of rotatable bonds is 9. The summed E-state index contributed by atoms with van der Waals surface area (Å²) in [5.41, 5.74) is -0.0902. The highest BCUT2D eigenvalue weighted by atomic mass is 16.6. The topological polar surface area (TPSA) is 82.4 Å². The summed E-state index contributed by atoms with van der Waals surface area (Å²) in [6, 6.07) is 0. The molecule has 120 valence electrons. The molecule has 1 aliphatic heterocycles. The van der Waals surface area contributed by atoms with Crippen LogP contribution in [-0.4, -0.2) is 71.3 Å². The third-order valence-electron chi connectivity index (χ3n) is 3.68. The molecular formula is C14H25N3O4. The van der Waals surface area contributed by atoms with Crippen LogP contribution in [0.3, 0.4) is 0 Å². The first kappa shape index (κ1) is 17.4. The van der Waals surface area contributed by atoms with Crippen molar-refractivity contribution in [3.05, 3.63) is 0 Å². The van der Waals surface area contributed by atoms with E-state index in [-0.39, 0.29) is 18.0 Å². The molecule has 1 atom stereocenters. The van der Waals surface area contributed by atoms with E-state index in [0.717, 1.165) is 26.1 Å². The van der Waals surface area contributed by atoms with E-state index in [1.165, 1.54) is 0 Å². The zero-order chi connectivity index (χ0) is 15.8. The van der Waals surface area contributed by atoms with Gasteiger partial charge < -0.3 is 19.7 Å². The summed E-state index contributed by atoms with van der Waals surface area (Å²) in [6.07, 6.45) is 0.144. The number of nitrogens with zero attached hydrogens (tertiary/aromatic N) is 3. The third kappa shape index (κ3) is 5.00. The molecule has 0 spiro atoms. The van der Waals surface area contributed by atoms with Crippen molar-refractivity contribution in [2.75, 3.05) is 32.7 Å². The van der Waals surface area contributed by atoms with Crippen LogP contribution in [0.4, 0.5) is 0 Å². The maximum atomic E-state index is 12.3. The lowest BCUT2D eigenvalue weighted by Gasteiger charge is -2.25. The number of hydrogen-bond acceptors (Lipinski definition) is 5. The van der Waals surface area contributed by atoms with Crippen LogP contribution in [0.5, 0.6) is 0 Å². The molecule has 1 amide bonds. The molecule has 0 aromatic rings. The zero-order valence-electron chi connectivity index (χ0n) is 13.0. The van der Waals surface area contributed by atoms with Crippen LogP contribution in [0, 0.1) is 0 Å². The van der Waals surface area contributed by atoms with Gasteiger partial charge in [-0.2, -0.15) is 0 Å². The number of oxime groups is 1. The summed E-state index contributed by atoms with van der Waals surface area (Å²) < 4.78 is 0. The maximum absolute atomic E-state index is 12.3. The molecule has 1 N–H and O–H groups in total. The predicted octanol–water partition coefficient (Wildman–Crippen LogP) is 0.796. The summed E-state index contributed by atoms with van der Waals surface area (Å²) in [5.74, 6) is -1.31. The van der Waals surface area contributed by atoms with E-state index in [9.17, 15) is 9.59 Å². The first-order valence-electron chi connectivity index (χ1n) is 7.50. The van der Waals surface area contributed by atoms with Gasteiger partial charge in [-0.25, -0.2) is 4.79 Å². The predicted molar refractivity (Wildman–Crippen MR) is 79.2 cm³/mol. The van der Waals surface area contributed by atoms with Gasteiger partial charge in [0.05, 0.1) is 0 Å². The van der Waals surface area contributed by atoms with Crippen LogP contribution in [0.15, 0.2) is 5.16 Å². The molecule has 1 rings (SSSR count). The molecule has 0 aromatic heterocycles. The molecule has 7 nitrogen and oxygen atoms in total. The lowest BCUT2D eigenvalue weighted by molar-refractivity contribution is -0.142. The normalized spacial score (nSPS) is 17.5. The van der Waals surface area contributed by atoms with Crippen LogP contribution >= 0.6 is 0 Å². The van der Waals surface area contributed by atoms with E-state index in [0.29, 0.717) is 13.1 Å². The van der Waals surface area contributed by atoms with Crippen molar-refractivity contribution in [3.63, 3.8) is 0 Å². The quantitative estimate of drug-likeness (QED) is 0.681. The zero-order valence-corrected chi connectivity index (χ0v) is 13.0. The molecule has 0 bridgehead atoms. The number of amides is 1. The molecule has 7 heteroatoms. The maximum Gasteiger partial charge on any atom is 0.353 e. The Kier molecular flexibility index (Phi) is 7.14. The largest absolute Gasteiger partial charge is 0.477 e. The fraction of sp³-hybridized carbons (Fsp3) is 0.786. The highest BCUT2D eigenvalue weighted by Crippen LogP contribution is 2.14. The van der Waals surface area contributed by atoms with Crippen molar-refractivity contribution in [2.24, 2.45) is 5.16 Å². The van der Waals surface area contributed by atoms with Crippen molar-refractivity contribution in [2.45, 2.75) is 39.7 Å². The van der Waals surface area contributed by atoms with Crippen LogP contribution in [0.25, 0.3) is 0 Å². The van der Waals surface area contributed by atoms with Crippen LogP contribution < -0.4 is 0 Å². The van der Waals surface area contributed by atoms with Gasteiger partial charge in [-0.05, 0) is 33.0 Å². The summed E-state index contributed by atoms with van der Waals surface area (Å²) in [4.78, 5) is 32.0. The van der Waals surface area contributed by atoms with Gasteiger partial charge in [-0.3, -0.25) is 4.79 Å². The minimum absolute atomic E-state index is 0.0424. The molecule has 0 saturated heterocycles. The first-order valence-corrected chi connectivity index (χ1v) is 7.50. The minimum atomic E-state index is -1.13. The Bertz CT molecular complexity index is 394. The second kappa shape index (κ2) is 8.61. The Morgan fingerprint density at radius 2 is 1.90 bits per heavy atom. The van der Waals surface area contributed by atoms with Crippen LogP contribution in [0.1, 0.15) is 33.6 Å². The lowest BCUT2D eigenvalue weighted by Crippen LogP contribution is -2.41. The van der Waals surface area contributed by atoms with E-state index in [4.69, 9.17) is 9.94 Å². The average molecular weight is 299 g/mol. The lowest BCUT2D eigenvalue weighted by atomic mass is 10.1. The van der Waals surface area contributed by atoms with E-state index in [1.807, 2.05) is 6.92 Å². The van der Waals surface area contributed by atoms with Gasteiger partial charge in [-0.1, -0.05) is 19.0 Å².